The van der Waals surface area contributed by atoms with Crippen molar-refractivity contribution in [3.8, 4) is 0 Å². The van der Waals surface area contributed by atoms with Crippen LogP contribution in [0.3, 0.4) is 0 Å². The van der Waals surface area contributed by atoms with Gasteiger partial charge in [0, 0.05) is 31.4 Å². The molecule has 64 valence electrons. The average Bonchev–Trinajstić information content (AvgIpc) is 1.87. The fourth-order valence-electron chi connectivity index (χ4n) is 0.812. The fraction of sp³-hybridized carbons (Fsp3) is 0.500. The second kappa shape index (κ2) is 5.80. The van der Waals surface area contributed by atoms with E-state index in [0.29, 0.717) is 0 Å². The molecule has 0 radical (unpaired) electrons. The summed E-state index contributed by atoms with van der Waals surface area (Å²) in [6.45, 7) is 5.54. The molecule has 0 fully saturated rings. The van der Waals surface area contributed by atoms with E-state index in [-0.39, 0.29) is 6.04 Å². The van der Waals surface area contributed by atoms with Crippen molar-refractivity contribution in [2.24, 2.45) is 5.73 Å². The van der Waals surface area contributed by atoms with Crippen LogP contribution in [0.4, 0.5) is 0 Å². The molecule has 4 N–H and O–H groups in total. The van der Waals surface area contributed by atoms with E-state index >= 15 is 0 Å². The Morgan fingerprint density at radius 1 is 1.73 bits per heavy atom. The summed E-state index contributed by atoms with van der Waals surface area (Å²) in [6.07, 6.45) is 4.35. The quantitative estimate of drug-likeness (QED) is 0.542. The van der Waals surface area contributed by atoms with Crippen LogP contribution in [0.5, 0.6) is 0 Å². The van der Waals surface area contributed by atoms with Crippen LogP contribution in [0.25, 0.3) is 0 Å². The predicted octanol–water partition coefficient (Wildman–Crippen LogP) is 0.518. The molecule has 11 heavy (non-hydrogen) atoms. The van der Waals surface area contributed by atoms with E-state index in [9.17, 15) is 0 Å². The maximum absolute atomic E-state index is 5.61. The van der Waals surface area contributed by atoms with E-state index in [0.717, 1.165) is 12.1 Å². The van der Waals surface area contributed by atoms with Gasteiger partial charge >= 0.3 is 0 Å². The third-order valence-corrected chi connectivity index (χ3v) is 1.15. The molecule has 3 heteroatoms. The van der Waals surface area contributed by atoms with Crippen LogP contribution in [-0.4, -0.2) is 13.1 Å². The molecule has 0 amide bonds. The van der Waals surface area contributed by atoms with Crippen molar-refractivity contribution in [3.05, 3.63) is 24.7 Å². The van der Waals surface area contributed by atoms with Gasteiger partial charge in [-0.3, -0.25) is 0 Å². The summed E-state index contributed by atoms with van der Waals surface area (Å²) in [7, 11) is 1.85. The SMILES string of the molecule is C=CN/C(=C\NC)CC(C)N. The summed E-state index contributed by atoms with van der Waals surface area (Å²) in [4.78, 5) is 0. The smallest absolute Gasteiger partial charge is 0.0321 e. The highest BCUT2D eigenvalue weighted by Crippen LogP contribution is 1.97. The molecule has 0 spiro atoms. The van der Waals surface area contributed by atoms with Crippen molar-refractivity contribution in [2.75, 3.05) is 7.05 Å². The molecule has 0 bridgehead atoms. The maximum atomic E-state index is 5.61. The molecule has 0 aliphatic carbocycles. The van der Waals surface area contributed by atoms with Crippen molar-refractivity contribution in [1.29, 1.82) is 0 Å². The molecule has 1 atom stereocenters. The fourth-order valence-corrected chi connectivity index (χ4v) is 0.812. The predicted molar refractivity (Wildman–Crippen MR) is 48.7 cm³/mol. The van der Waals surface area contributed by atoms with Gasteiger partial charge in [0.1, 0.15) is 0 Å². The minimum Gasteiger partial charge on any atom is -0.393 e. The van der Waals surface area contributed by atoms with E-state index in [1.54, 1.807) is 6.20 Å². The molecule has 3 nitrogen and oxygen atoms in total. The largest absolute Gasteiger partial charge is 0.393 e. The van der Waals surface area contributed by atoms with Gasteiger partial charge in [0.2, 0.25) is 0 Å². The number of hydrogen-bond donors (Lipinski definition) is 3. The van der Waals surface area contributed by atoms with Gasteiger partial charge in [0.05, 0.1) is 0 Å². The Morgan fingerprint density at radius 3 is 2.73 bits per heavy atom. The summed E-state index contributed by atoms with van der Waals surface area (Å²) >= 11 is 0. The lowest BCUT2D eigenvalue weighted by Crippen LogP contribution is -2.20. The van der Waals surface area contributed by atoms with Gasteiger partial charge in [-0.25, -0.2) is 0 Å². The van der Waals surface area contributed by atoms with E-state index in [2.05, 4.69) is 17.2 Å². The molecule has 0 aromatic rings. The topological polar surface area (TPSA) is 50.1 Å². The highest BCUT2D eigenvalue weighted by molar-refractivity contribution is 5.02. The van der Waals surface area contributed by atoms with E-state index in [1.807, 2.05) is 20.2 Å². The molecular weight excluding hydrogens is 138 g/mol. The van der Waals surface area contributed by atoms with Crippen LogP contribution in [0.1, 0.15) is 13.3 Å². The Kier molecular flexibility index (Phi) is 5.29. The Morgan fingerprint density at radius 2 is 2.36 bits per heavy atom. The monoisotopic (exact) mass is 155 g/mol. The van der Waals surface area contributed by atoms with Gasteiger partial charge in [-0.15, -0.1) is 0 Å². The Labute approximate surface area is 68.4 Å². The van der Waals surface area contributed by atoms with Gasteiger partial charge < -0.3 is 16.4 Å². The van der Waals surface area contributed by atoms with E-state index in [1.165, 1.54) is 0 Å². The number of hydrogen-bond acceptors (Lipinski definition) is 3. The first-order valence-corrected chi connectivity index (χ1v) is 3.70. The van der Waals surface area contributed by atoms with E-state index < -0.39 is 0 Å². The van der Waals surface area contributed by atoms with Crippen LogP contribution in [-0.2, 0) is 0 Å². The summed E-state index contributed by atoms with van der Waals surface area (Å²) < 4.78 is 0. The zero-order chi connectivity index (χ0) is 8.69. The molecule has 0 rings (SSSR count). The normalized spacial score (nSPS) is 13.9. The molecular formula is C8H17N3. The maximum Gasteiger partial charge on any atom is 0.0321 e. The molecule has 0 heterocycles. The molecule has 0 aromatic carbocycles. The lowest BCUT2D eigenvalue weighted by Gasteiger charge is -2.09. The standard InChI is InChI=1S/C8H17N3/c1-4-11-8(6-10-3)5-7(2)9/h4,6-7,10-11H,1,5,9H2,2-3H3/b8-6-. The summed E-state index contributed by atoms with van der Waals surface area (Å²) in [5, 5.41) is 5.93. The summed E-state index contributed by atoms with van der Waals surface area (Å²) in [5.74, 6) is 0. The highest BCUT2D eigenvalue weighted by Gasteiger charge is 1.97. The molecule has 0 aromatic heterocycles. The molecule has 0 aliphatic rings. The van der Waals surface area contributed by atoms with Crippen molar-refractivity contribution >= 4 is 0 Å². The van der Waals surface area contributed by atoms with Gasteiger partial charge in [0.15, 0.2) is 0 Å². The Hall–Kier alpha value is -0.960. The second-order valence-corrected chi connectivity index (χ2v) is 2.49. The highest BCUT2D eigenvalue weighted by atomic mass is 14.9. The average molecular weight is 155 g/mol. The van der Waals surface area contributed by atoms with Crippen molar-refractivity contribution in [2.45, 2.75) is 19.4 Å². The second-order valence-electron chi connectivity index (χ2n) is 2.49. The Bertz CT molecular complexity index is 138. The third-order valence-electron chi connectivity index (χ3n) is 1.15. The molecule has 0 saturated heterocycles. The summed E-state index contributed by atoms with van der Waals surface area (Å²) in [5.41, 5.74) is 6.66. The van der Waals surface area contributed by atoms with Crippen LogP contribution in [0.15, 0.2) is 24.7 Å². The van der Waals surface area contributed by atoms with Crippen LogP contribution in [0, 0.1) is 0 Å². The molecule has 0 aliphatic heterocycles. The first-order valence-electron chi connectivity index (χ1n) is 3.70. The number of nitrogens with two attached hydrogens (primary N) is 1. The van der Waals surface area contributed by atoms with Gasteiger partial charge in [-0.2, -0.15) is 0 Å². The van der Waals surface area contributed by atoms with Crippen molar-refractivity contribution in [3.63, 3.8) is 0 Å². The first-order chi connectivity index (χ1) is 5.20. The molecule has 0 saturated carbocycles. The van der Waals surface area contributed by atoms with Gasteiger partial charge in [0.25, 0.3) is 0 Å². The Balaban J connectivity index is 3.88. The number of nitrogens with one attached hydrogen (secondary N) is 2. The van der Waals surface area contributed by atoms with Crippen LogP contribution < -0.4 is 16.4 Å². The zero-order valence-electron chi connectivity index (χ0n) is 7.22. The lowest BCUT2D eigenvalue weighted by atomic mass is 10.2. The van der Waals surface area contributed by atoms with Crippen LogP contribution in [0.2, 0.25) is 0 Å². The van der Waals surface area contributed by atoms with Gasteiger partial charge in [-0.05, 0) is 13.1 Å². The lowest BCUT2D eigenvalue weighted by molar-refractivity contribution is 0.699. The minimum absolute atomic E-state index is 0.169. The van der Waals surface area contributed by atoms with E-state index in [4.69, 9.17) is 5.73 Å². The zero-order valence-corrected chi connectivity index (χ0v) is 7.22. The van der Waals surface area contributed by atoms with Crippen LogP contribution >= 0.6 is 0 Å². The minimum atomic E-state index is 0.169. The van der Waals surface area contributed by atoms with Gasteiger partial charge in [-0.1, -0.05) is 6.58 Å². The first kappa shape index (κ1) is 10.0. The summed E-state index contributed by atoms with van der Waals surface area (Å²) in [6, 6.07) is 0.169. The van der Waals surface area contributed by atoms with Crippen molar-refractivity contribution in [1.82, 2.24) is 10.6 Å². The number of rotatable bonds is 5. The van der Waals surface area contributed by atoms with Crippen molar-refractivity contribution < 1.29 is 0 Å². The third kappa shape index (κ3) is 5.48. The molecule has 1 unspecified atom stereocenters.